The summed E-state index contributed by atoms with van der Waals surface area (Å²) in [4.78, 5) is 13.0. The van der Waals surface area contributed by atoms with Gasteiger partial charge in [-0.15, -0.1) is 11.8 Å². The summed E-state index contributed by atoms with van der Waals surface area (Å²) in [6.07, 6.45) is 11.4. The molecule has 1 aromatic carbocycles. The first-order valence-corrected chi connectivity index (χ1v) is 10.8. The Morgan fingerprint density at radius 2 is 1.59 bits per heavy atom. The third kappa shape index (κ3) is 10.2. The monoisotopic (exact) mass is 386 g/mol. The number of thioether (sulfide) groups is 1. The van der Waals surface area contributed by atoms with Crippen LogP contribution in [-0.4, -0.2) is 18.3 Å². The summed E-state index contributed by atoms with van der Waals surface area (Å²) < 4.78 is 5.13. The highest BCUT2D eigenvalue weighted by Gasteiger charge is 2.11. The lowest BCUT2D eigenvalue weighted by Gasteiger charge is -2.07. The van der Waals surface area contributed by atoms with Gasteiger partial charge < -0.3 is 4.74 Å². The zero-order valence-electron chi connectivity index (χ0n) is 17.5. The van der Waals surface area contributed by atoms with Gasteiger partial charge in [-0.2, -0.15) is 0 Å². The van der Waals surface area contributed by atoms with Crippen molar-refractivity contribution in [2.24, 2.45) is 0 Å². The second kappa shape index (κ2) is 13.4. The lowest BCUT2D eigenvalue weighted by atomic mass is 10.1. The van der Waals surface area contributed by atoms with Gasteiger partial charge in [0.15, 0.2) is 0 Å². The van der Waals surface area contributed by atoms with Crippen molar-refractivity contribution in [2.45, 2.75) is 65.2 Å². The summed E-state index contributed by atoms with van der Waals surface area (Å²) in [6, 6.07) is 7.66. The molecule has 0 aliphatic carbocycles. The molecule has 0 aromatic heterocycles. The Labute approximate surface area is 169 Å². The average Bonchev–Trinajstić information content (AvgIpc) is 2.62. The van der Waals surface area contributed by atoms with Crippen molar-refractivity contribution in [1.29, 1.82) is 0 Å². The number of ether oxygens (including phenoxy) is 1. The molecule has 1 aromatic rings. The number of hydrogen-bond donors (Lipinski definition) is 0. The fraction of sp³-hybridized carbons (Fsp3) is 0.458. The molecule has 3 heteroatoms. The maximum absolute atomic E-state index is 12.0. The minimum atomic E-state index is -0.241. The molecule has 0 heterocycles. The zero-order valence-corrected chi connectivity index (χ0v) is 18.3. The smallest absolute Gasteiger partial charge is 0.339 e. The van der Waals surface area contributed by atoms with Crippen LogP contribution in [0.1, 0.15) is 70.7 Å². The molecule has 0 saturated carbocycles. The fourth-order valence-corrected chi connectivity index (χ4v) is 3.61. The molecule has 0 fully saturated rings. The molecule has 0 spiro atoms. The summed E-state index contributed by atoms with van der Waals surface area (Å²) in [5.74, 6) is 0.626. The van der Waals surface area contributed by atoms with Crippen LogP contribution in [0.25, 0.3) is 0 Å². The second-order valence-electron chi connectivity index (χ2n) is 6.99. The minimum absolute atomic E-state index is 0.241. The van der Waals surface area contributed by atoms with Crippen LogP contribution < -0.4 is 0 Å². The fourth-order valence-electron chi connectivity index (χ4n) is 2.58. The quantitative estimate of drug-likeness (QED) is 0.225. The van der Waals surface area contributed by atoms with Gasteiger partial charge in [0, 0.05) is 10.6 Å². The molecule has 0 radical (unpaired) electrons. The summed E-state index contributed by atoms with van der Waals surface area (Å²) >= 11 is 1.68. The van der Waals surface area contributed by atoms with Gasteiger partial charge in [-0.25, -0.2) is 4.79 Å². The Morgan fingerprint density at radius 3 is 2.26 bits per heavy atom. The highest BCUT2D eigenvalue weighted by Crippen LogP contribution is 2.24. The van der Waals surface area contributed by atoms with Crippen LogP contribution >= 0.6 is 11.8 Å². The number of carbonyl (C=O) groups excluding carboxylic acids is 1. The molecule has 2 nitrogen and oxygen atoms in total. The van der Waals surface area contributed by atoms with E-state index >= 15 is 0 Å². The molecule has 1 rings (SSSR count). The van der Waals surface area contributed by atoms with Crippen molar-refractivity contribution < 1.29 is 9.53 Å². The molecule has 0 saturated heterocycles. The van der Waals surface area contributed by atoms with E-state index in [-0.39, 0.29) is 5.97 Å². The molecule has 0 aliphatic rings. The molecule has 0 unspecified atom stereocenters. The minimum Gasteiger partial charge on any atom is -0.462 e. The van der Waals surface area contributed by atoms with Crippen LogP contribution in [-0.2, 0) is 4.74 Å². The van der Waals surface area contributed by atoms with Crippen LogP contribution in [0.5, 0.6) is 0 Å². The van der Waals surface area contributed by atoms with Crippen molar-refractivity contribution in [2.75, 3.05) is 12.4 Å². The van der Waals surface area contributed by atoms with Crippen molar-refractivity contribution in [3.8, 4) is 0 Å². The van der Waals surface area contributed by atoms with Crippen LogP contribution in [0.3, 0.4) is 0 Å². The van der Waals surface area contributed by atoms with Crippen molar-refractivity contribution in [3.05, 3.63) is 64.8 Å². The van der Waals surface area contributed by atoms with E-state index in [4.69, 9.17) is 4.74 Å². The zero-order chi connectivity index (χ0) is 20.1. The molecule has 27 heavy (non-hydrogen) atoms. The first kappa shape index (κ1) is 23.3. The molecular weight excluding hydrogens is 352 g/mol. The summed E-state index contributed by atoms with van der Waals surface area (Å²) in [5, 5.41) is 0. The van der Waals surface area contributed by atoms with E-state index in [9.17, 15) is 4.79 Å². The van der Waals surface area contributed by atoms with Gasteiger partial charge in [0.1, 0.15) is 0 Å². The Balaban J connectivity index is 2.45. The molecule has 0 bridgehead atoms. The maximum Gasteiger partial charge on any atom is 0.339 e. The predicted molar refractivity (Wildman–Crippen MR) is 119 cm³/mol. The Kier molecular flexibility index (Phi) is 11.6. The molecule has 0 aliphatic heterocycles. The van der Waals surface area contributed by atoms with E-state index in [2.05, 4.69) is 45.9 Å². The van der Waals surface area contributed by atoms with Gasteiger partial charge in [0.05, 0.1) is 12.2 Å². The van der Waals surface area contributed by atoms with E-state index in [1.165, 1.54) is 16.7 Å². The van der Waals surface area contributed by atoms with Gasteiger partial charge in [-0.1, -0.05) is 47.1 Å². The first-order valence-electron chi connectivity index (χ1n) is 9.77. The van der Waals surface area contributed by atoms with Crippen molar-refractivity contribution in [1.82, 2.24) is 0 Å². The molecular formula is C24H34O2S. The highest BCUT2D eigenvalue weighted by molar-refractivity contribution is 7.99. The van der Waals surface area contributed by atoms with Gasteiger partial charge in [-0.05, 0) is 72.4 Å². The largest absolute Gasteiger partial charge is 0.462 e. The van der Waals surface area contributed by atoms with Crippen molar-refractivity contribution in [3.63, 3.8) is 0 Å². The van der Waals surface area contributed by atoms with E-state index in [0.717, 1.165) is 36.3 Å². The topological polar surface area (TPSA) is 26.3 Å². The summed E-state index contributed by atoms with van der Waals surface area (Å²) in [7, 11) is 0. The summed E-state index contributed by atoms with van der Waals surface area (Å²) in [6.45, 7) is 10.9. The van der Waals surface area contributed by atoms with Gasteiger partial charge in [0.25, 0.3) is 0 Å². The second-order valence-corrected chi connectivity index (χ2v) is 8.05. The number of esters is 1. The number of hydrogen-bond acceptors (Lipinski definition) is 3. The van der Waals surface area contributed by atoms with Crippen LogP contribution in [0.2, 0.25) is 0 Å². The Morgan fingerprint density at radius 1 is 0.963 bits per heavy atom. The van der Waals surface area contributed by atoms with Gasteiger partial charge in [0.2, 0.25) is 0 Å². The number of rotatable bonds is 11. The Bertz CT molecular complexity index is 679. The third-order valence-corrected chi connectivity index (χ3v) is 5.18. The average molecular weight is 387 g/mol. The van der Waals surface area contributed by atoms with Crippen molar-refractivity contribution >= 4 is 17.7 Å². The third-order valence-electron chi connectivity index (χ3n) is 4.18. The SMILES string of the molecule is CCOC(=O)c1ccccc1SCC=C(C)CCC=C(C)CCC=C(C)C. The number of allylic oxidation sites excluding steroid dienone is 5. The normalized spacial score (nSPS) is 12.0. The van der Waals surface area contributed by atoms with Crippen LogP contribution in [0, 0.1) is 0 Å². The highest BCUT2D eigenvalue weighted by atomic mass is 32.2. The van der Waals surface area contributed by atoms with E-state index in [1.807, 2.05) is 31.2 Å². The Hall–Kier alpha value is -1.74. The molecule has 0 N–H and O–H groups in total. The van der Waals surface area contributed by atoms with E-state index in [1.54, 1.807) is 11.8 Å². The van der Waals surface area contributed by atoms with Gasteiger partial charge in [-0.3, -0.25) is 0 Å². The first-order chi connectivity index (χ1) is 12.9. The lowest BCUT2D eigenvalue weighted by Crippen LogP contribution is -2.05. The predicted octanol–water partition coefficient (Wildman–Crippen LogP) is 7.37. The van der Waals surface area contributed by atoms with E-state index < -0.39 is 0 Å². The lowest BCUT2D eigenvalue weighted by molar-refractivity contribution is 0.0522. The maximum atomic E-state index is 12.0. The molecule has 0 amide bonds. The molecule has 0 atom stereocenters. The van der Waals surface area contributed by atoms with Gasteiger partial charge >= 0.3 is 5.97 Å². The summed E-state index contributed by atoms with van der Waals surface area (Å²) in [5.41, 5.74) is 4.91. The van der Waals surface area contributed by atoms with Crippen LogP contribution in [0.4, 0.5) is 0 Å². The molecule has 148 valence electrons. The standard InChI is InChI=1S/C24H34O2S/c1-6-26-24(25)22-15-7-8-16-23(22)27-18-17-21(5)14-10-13-20(4)12-9-11-19(2)3/h7-8,11,13,15-17H,6,9-10,12,14,18H2,1-5H3. The number of benzene rings is 1. The number of carbonyl (C=O) groups is 1. The van der Waals surface area contributed by atoms with E-state index in [0.29, 0.717) is 12.2 Å². The van der Waals surface area contributed by atoms with Crippen LogP contribution in [0.15, 0.2) is 64.1 Å².